The summed E-state index contributed by atoms with van der Waals surface area (Å²) in [6.45, 7) is 0. The van der Waals surface area contributed by atoms with Crippen LogP contribution >= 0.6 is 0 Å². The van der Waals surface area contributed by atoms with Crippen LogP contribution in [0, 0.1) is 0 Å². The van der Waals surface area contributed by atoms with Crippen molar-refractivity contribution in [1.82, 2.24) is 0 Å². The minimum Gasteiger partial charge on any atom is -0.280 e. The molecular formula is C14H11NO. The van der Waals surface area contributed by atoms with Gasteiger partial charge in [-0.1, -0.05) is 36.3 Å². The van der Waals surface area contributed by atoms with Crippen molar-refractivity contribution in [3.8, 4) is 0 Å². The fourth-order valence-electron chi connectivity index (χ4n) is 1.86. The monoisotopic (exact) mass is 214 g/mol. The minimum atomic E-state index is -0.464. The van der Waals surface area contributed by atoms with E-state index in [9.17, 15) is 4.79 Å². The number of carbonyl (C=O) groups is 1. The Kier molecular flexibility index (Phi) is 1.16. The van der Waals surface area contributed by atoms with Gasteiger partial charge in [0.25, 0.3) is 0 Å². The van der Waals surface area contributed by atoms with Gasteiger partial charge in [0.15, 0.2) is 0 Å². The van der Waals surface area contributed by atoms with E-state index in [0.717, 1.165) is 5.56 Å². The highest BCUT2D eigenvalue weighted by molar-refractivity contribution is 6.07. The van der Waals surface area contributed by atoms with Crippen molar-refractivity contribution >= 4 is 17.3 Å². The molecule has 0 bridgehead atoms. The summed E-state index contributed by atoms with van der Waals surface area (Å²) in [7, 11) is 0. The van der Waals surface area contributed by atoms with Crippen molar-refractivity contribution in [3.05, 3.63) is 60.0 Å². The summed E-state index contributed by atoms with van der Waals surface area (Å²) in [4.78, 5) is 13.5. The molecular weight excluding hydrogens is 198 g/mol. The Morgan fingerprint density at radius 2 is 1.88 bits per heavy atom. The van der Waals surface area contributed by atoms with Gasteiger partial charge in [0.1, 0.15) is 0 Å². The summed E-state index contributed by atoms with van der Waals surface area (Å²) in [5.41, 5.74) is 1.27. The van der Waals surface area contributed by atoms with Crippen molar-refractivity contribution in [2.45, 2.75) is 6.42 Å². The van der Waals surface area contributed by atoms with Gasteiger partial charge in [-0.2, -0.15) is 0 Å². The molecule has 0 aromatic heterocycles. The van der Waals surface area contributed by atoms with Crippen LogP contribution in [0.5, 0.6) is 0 Å². The molecule has 1 amide bonds. The van der Waals surface area contributed by atoms with Crippen LogP contribution in [0.15, 0.2) is 54.5 Å². The number of nitrogens with zero attached hydrogens (tertiary/aromatic N) is 1. The van der Waals surface area contributed by atoms with Gasteiger partial charge >= 0.3 is 0 Å². The fraction of sp³-hybridized carbons (Fsp3) is 0.0714. The third-order valence-corrected chi connectivity index (χ3v) is 2.53. The molecule has 2 nitrogen and oxygen atoms in total. The number of amides is 1. The van der Waals surface area contributed by atoms with Crippen molar-refractivity contribution in [2.24, 2.45) is 0 Å². The molecule has 0 saturated heterocycles. The standard InChI is InChI=1S/C14H11NO/c16-14-10-11-6-4-5-9-13(11)15(14)12-7-2-1-3-8-12/h1-9H,10H2/i1D,2D,3D,7D,8D. The molecule has 0 fully saturated rings. The Hall–Kier alpha value is -2.09. The zero-order valence-electron chi connectivity index (χ0n) is 13.4. The van der Waals surface area contributed by atoms with E-state index in [0.29, 0.717) is 5.69 Å². The molecule has 2 aromatic rings. The molecule has 0 aliphatic carbocycles. The lowest BCUT2D eigenvalue weighted by atomic mass is 10.2. The summed E-state index contributed by atoms with van der Waals surface area (Å²) in [5.74, 6) is -0.297. The van der Waals surface area contributed by atoms with E-state index in [1.54, 1.807) is 24.3 Å². The predicted molar refractivity (Wildman–Crippen MR) is 63.7 cm³/mol. The third kappa shape index (κ3) is 1.31. The quantitative estimate of drug-likeness (QED) is 0.714. The minimum absolute atomic E-state index is 0.0871. The first-order chi connectivity index (χ1) is 9.93. The molecule has 3 rings (SSSR count). The number of anilines is 2. The first-order valence-corrected chi connectivity index (χ1v) is 4.91. The Balaban J connectivity index is 2.30. The lowest BCUT2D eigenvalue weighted by molar-refractivity contribution is -0.116. The Labute approximate surface area is 101 Å². The van der Waals surface area contributed by atoms with Gasteiger partial charge in [-0.25, -0.2) is 0 Å². The molecule has 2 aromatic carbocycles. The molecule has 78 valence electrons. The first-order valence-electron chi connectivity index (χ1n) is 7.41. The van der Waals surface area contributed by atoms with Gasteiger partial charge in [0, 0.05) is 5.69 Å². The van der Waals surface area contributed by atoms with E-state index >= 15 is 0 Å². The number of hydrogen-bond donors (Lipinski definition) is 0. The maximum atomic E-state index is 12.2. The van der Waals surface area contributed by atoms with Crippen molar-refractivity contribution in [3.63, 3.8) is 0 Å². The molecule has 1 aliphatic heterocycles. The van der Waals surface area contributed by atoms with Crippen LogP contribution in [-0.4, -0.2) is 5.91 Å². The molecule has 0 spiro atoms. The normalized spacial score (nSPS) is 18.4. The molecule has 0 unspecified atom stereocenters. The van der Waals surface area contributed by atoms with Crippen molar-refractivity contribution < 1.29 is 11.6 Å². The van der Waals surface area contributed by atoms with E-state index in [-0.39, 0.29) is 30.1 Å². The van der Waals surface area contributed by atoms with Gasteiger partial charge in [-0.05, 0) is 23.7 Å². The smallest absolute Gasteiger partial charge is 0.236 e. The van der Waals surface area contributed by atoms with Crippen molar-refractivity contribution in [1.29, 1.82) is 0 Å². The number of fused-ring (bicyclic) bond motifs is 1. The molecule has 2 heteroatoms. The summed E-state index contributed by atoms with van der Waals surface area (Å²) in [6.07, 6.45) is 0.165. The van der Waals surface area contributed by atoms with Crippen LogP contribution in [0.4, 0.5) is 11.4 Å². The average Bonchev–Trinajstić information content (AvgIpc) is 2.80. The van der Waals surface area contributed by atoms with Gasteiger partial charge in [-0.3, -0.25) is 9.69 Å². The first kappa shape index (κ1) is 5.30. The maximum absolute atomic E-state index is 12.2. The average molecular weight is 214 g/mol. The van der Waals surface area contributed by atoms with Crippen LogP contribution in [0.3, 0.4) is 0 Å². The highest BCUT2D eigenvalue weighted by Gasteiger charge is 2.27. The van der Waals surface area contributed by atoms with E-state index in [4.69, 9.17) is 6.85 Å². The Bertz CT molecular complexity index is 745. The molecule has 0 N–H and O–H groups in total. The lowest BCUT2D eigenvalue weighted by Gasteiger charge is -2.17. The fourth-order valence-corrected chi connectivity index (χ4v) is 1.86. The molecule has 1 heterocycles. The van der Waals surface area contributed by atoms with Crippen LogP contribution in [0.25, 0.3) is 0 Å². The van der Waals surface area contributed by atoms with Crippen molar-refractivity contribution in [2.75, 3.05) is 4.90 Å². The highest BCUT2D eigenvalue weighted by atomic mass is 16.2. The molecule has 0 atom stereocenters. The molecule has 0 radical (unpaired) electrons. The Morgan fingerprint density at radius 3 is 2.69 bits per heavy atom. The molecule has 16 heavy (non-hydrogen) atoms. The van der Waals surface area contributed by atoms with E-state index < -0.39 is 18.1 Å². The van der Waals surface area contributed by atoms with Crippen LogP contribution in [0.1, 0.15) is 12.4 Å². The van der Waals surface area contributed by atoms with Crippen LogP contribution in [0.2, 0.25) is 0 Å². The summed E-state index contributed by atoms with van der Waals surface area (Å²) in [6, 6.07) is 4.97. The van der Waals surface area contributed by atoms with E-state index in [1.165, 1.54) is 4.90 Å². The van der Waals surface area contributed by atoms with Gasteiger partial charge in [0.05, 0.1) is 19.0 Å². The third-order valence-electron chi connectivity index (χ3n) is 2.53. The number of rotatable bonds is 1. The lowest BCUT2D eigenvalue weighted by Crippen LogP contribution is -2.20. The zero-order valence-corrected chi connectivity index (χ0v) is 8.37. The van der Waals surface area contributed by atoms with E-state index in [2.05, 4.69) is 0 Å². The second kappa shape index (κ2) is 3.49. The van der Waals surface area contributed by atoms with Gasteiger partial charge in [-0.15, -0.1) is 0 Å². The van der Waals surface area contributed by atoms with Gasteiger partial charge in [0.2, 0.25) is 5.91 Å². The Morgan fingerprint density at radius 1 is 1.12 bits per heavy atom. The molecule has 0 saturated carbocycles. The zero-order chi connectivity index (χ0) is 15.3. The summed E-state index contributed by atoms with van der Waals surface area (Å²) >= 11 is 0. The largest absolute Gasteiger partial charge is 0.280 e. The summed E-state index contributed by atoms with van der Waals surface area (Å²) < 4.78 is 38.9. The van der Waals surface area contributed by atoms with Crippen LogP contribution in [-0.2, 0) is 11.2 Å². The predicted octanol–water partition coefficient (Wildman–Crippen LogP) is 2.91. The van der Waals surface area contributed by atoms with Crippen LogP contribution < -0.4 is 4.90 Å². The second-order valence-corrected chi connectivity index (χ2v) is 3.51. The van der Waals surface area contributed by atoms with Gasteiger partial charge < -0.3 is 0 Å². The number of benzene rings is 2. The summed E-state index contributed by atoms with van der Waals surface area (Å²) in [5, 5.41) is 0. The maximum Gasteiger partial charge on any atom is 0.236 e. The second-order valence-electron chi connectivity index (χ2n) is 3.51. The van der Waals surface area contributed by atoms with E-state index in [1.807, 2.05) is 0 Å². The number of para-hydroxylation sites is 2. The SMILES string of the molecule is [2H]c1c([2H])c([2H])c(N2C(=O)Cc3ccccc32)c([2H])c1[2H]. The number of hydrogen-bond acceptors (Lipinski definition) is 1. The number of carbonyl (C=O) groups excluding carboxylic acids is 1. The topological polar surface area (TPSA) is 20.3 Å². The molecule has 1 aliphatic rings. The highest BCUT2D eigenvalue weighted by Crippen LogP contribution is 2.34.